The number of benzene rings is 2. The van der Waals surface area contributed by atoms with Gasteiger partial charge in [0.25, 0.3) is 0 Å². The van der Waals surface area contributed by atoms with Crippen molar-refractivity contribution in [3.63, 3.8) is 0 Å². The molecule has 3 N–H and O–H groups in total. The molecule has 28 heavy (non-hydrogen) atoms. The molecule has 0 bridgehead atoms. The van der Waals surface area contributed by atoms with Crippen LogP contribution in [-0.2, 0) is 26.8 Å². The summed E-state index contributed by atoms with van der Waals surface area (Å²) >= 11 is 0. The van der Waals surface area contributed by atoms with E-state index in [1.54, 1.807) is 0 Å². The van der Waals surface area contributed by atoms with Gasteiger partial charge in [0, 0.05) is 25.3 Å². The molecule has 156 valence electrons. The Labute approximate surface area is 171 Å². The second kappa shape index (κ2) is 18.7. The van der Waals surface area contributed by atoms with Crippen molar-refractivity contribution in [1.29, 1.82) is 0 Å². The van der Waals surface area contributed by atoms with Crippen molar-refractivity contribution >= 4 is 8.69 Å². The van der Waals surface area contributed by atoms with Gasteiger partial charge < -0.3 is 10.5 Å². The summed E-state index contributed by atoms with van der Waals surface area (Å²) in [5.74, 6) is 0. The topological polar surface area (TPSA) is 73.6 Å². The first-order valence-electron chi connectivity index (χ1n) is 9.68. The highest BCUT2D eigenvalue weighted by atomic mass is 31.1. The monoisotopic (exact) mass is 406 g/mol. The van der Waals surface area contributed by atoms with Gasteiger partial charge in [-0.25, -0.2) is 9.19 Å². The van der Waals surface area contributed by atoms with Gasteiger partial charge in [-0.15, -0.1) is 0 Å². The van der Waals surface area contributed by atoms with Crippen molar-refractivity contribution in [2.75, 3.05) is 13.2 Å². The summed E-state index contributed by atoms with van der Waals surface area (Å²) in [5.41, 5.74) is 10.8. The van der Waals surface area contributed by atoms with Gasteiger partial charge in [0.05, 0.1) is 0 Å². The highest BCUT2D eigenvalue weighted by molar-refractivity contribution is 7.17. The molecule has 0 saturated carbocycles. The predicted octanol–water partition coefficient (Wildman–Crippen LogP) is 4.96. The first-order valence-corrected chi connectivity index (χ1v) is 10.4. The van der Waals surface area contributed by atoms with Gasteiger partial charge in [0.2, 0.25) is 0 Å². The highest BCUT2D eigenvalue weighted by Gasteiger charge is 2.02. The fraction of sp³-hybridized carbons (Fsp3) is 0.455. The largest absolute Gasteiger partial charge is 0.382 e. The maximum atomic E-state index is 9.97. The molecule has 2 aromatic carbocycles. The summed E-state index contributed by atoms with van der Waals surface area (Å²) < 4.78 is 19.3. The number of hydrogen-bond acceptors (Lipinski definition) is 5. The van der Waals surface area contributed by atoms with E-state index in [2.05, 4.69) is 22.2 Å². The Hall–Kier alpha value is -1.62. The van der Waals surface area contributed by atoms with Gasteiger partial charge >= 0.3 is 8.69 Å². The maximum absolute atomic E-state index is 9.97. The standard InChI is InChI=1S/C9H12NO2P.C9H13N.C4H10O/c1-8(10-12-13-11)7-9-5-3-2-4-6-9;1-8(10)7-9-5-3-2-4-6-9;1-3-5-4-2/h2-6,8,10H,7H2,1H3;2-6,8H,7,10H2,1H3;3-4H2,1-2H3/t2*8-;/m11./s1. The van der Waals surface area contributed by atoms with Gasteiger partial charge in [-0.2, -0.15) is 5.48 Å². The SMILES string of the molecule is CCOCC.C[C@@H](N)Cc1ccccc1.C[C@H](Cc1ccccc1)NOP=O. The summed E-state index contributed by atoms with van der Waals surface area (Å²) in [6.07, 6.45) is 1.83. The molecular formula is C22H35N2O3P. The molecule has 0 aliphatic rings. The summed E-state index contributed by atoms with van der Waals surface area (Å²) in [6, 6.07) is 20.8. The molecule has 5 nitrogen and oxygen atoms in total. The van der Waals surface area contributed by atoms with E-state index in [-0.39, 0.29) is 20.8 Å². The molecule has 0 aromatic heterocycles. The maximum Gasteiger partial charge on any atom is 0.346 e. The Bertz CT molecular complexity index is 581. The molecular weight excluding hydrogens is 371 g/mol. The third kappa shape index (κ3) is 16.5. The lowest BCUT2D eigenvalue weighted by Crippen LogP contribution is -2.25. The lowest BCUT2D eigenvalue weighted by atomic mass is 10.1. The van der Waals surface area contributed by atoms with Gasteiger partial charge in [-0.1, -0.05) is 60.7 Å². The van der Waals surface area contributed by atoms with Crippen molar-refractivity contribution in [3.05, 3.63) is 71.8 Å². The predicted molar refractivity (Wildman–Crippen MR) is 117 cm³/mol. The van der Waals surface area contributed by atoms with Gasteiger partial charge in [-0.05, 0) is 51.7 Å². The van der Waals surface area contributed by atoms with Crippen LogP contribution in [0.2, 0.25) is 0 Å². The minimum Gasteiger partial charge on any atom is -0.382 e. The molecule has 0 radical (unpaired) electrons. The minimum absolute atomic E-state index is 0.156. The molecule has 0 amide bonds. The molecule has 2 atom stereocenters. The van der Waals surface area contributed by atoms with Crippen LogP contribution in [-0.4, -0.2) is 25.3 Å². The second-order valence-corrected chi connectivity index (χ2v) is 6.65. The van der Waals surface area contributed by atoms with Crippen LogP contribution in [0.25, 0.3) is 0 Å². The number of nitrogens with one attached hydrogen (secondary N) is 1. The first-order chi connectivity index (χ1) is 13.5. The van der Waals surface area contributed by atoms with E-state index >= 15 is 0 Å². The Morgan fingerprint density at radius 3 is 1.71 bits per heavy atom. The summed E-state index contributed by atoms with van der Waals surface area (Å²) in [6.45, 7) is 9.66. The molecule has 0 aliphatic heterocycles. The minimum atomic E-state index is -0.335. The molecule has 0 unspecified atom stereocenters. The van der Waals surface area contributed by atoms with Crippen LogP contribution >= 0.6 is 8.69 Å². The first kappa shape index (κ1) is 26.4. The van der Waals surface area contributed by atoms with E-state index in [0.29, 0.717) is 0 Å². The van der Waals surface area contributed by atoms with E-state index in [1.165, 1.54) is 11.1 Å². The van der Waals surface area contributed by atoms with Crippen LogP contribution < -0.4 is 11.2 Å². The molecule has 0 fully saturated rings. The normalized spacial score (nSPS) is 12.2. The lowest BCUT2D eigenvalue weighted by molar-refractivity contribution is 0.162. The zero-order valence-electron chi connectivity index (χ0n) is 17.5. The third-order valence-corrected chi connectivity index (χ3v) is 3.66. The Morgan fingerprint density at radius 2 is 1.36 bits per heavy atom. The fourth-order valence-electron chi connectivity index (χ4n) is 2.31. The van der Waals surface area contributed by atoms with Crippen molar-refractivity contribution in [3.8, 4) is 0 Å². The van der Waals surface area contributed by atoms with Crippen LogP contribution in [0.5, 0.6) is 0 Å². The molecule has 2 aromatic rings. The summed E-state index contributed by atoms with van der Waals surface area (Å²) in [4.78, 5) is 0. The number of hydroxylamine groups is 1. The third-order valence-electron chi connectivity index (χ3n) is 3.48. The van der Waals surface area contributed by atoms with Crippen LogP contribution in [0.4, 0.5) is 0 Å². The van der Waals surface area contributed by atoms with E-state index in [0.717, 1.165) is 26.1 Å². The van der Waals surface area contributed by atoms with Crippen LogP contribution in [0.3, 0.4) is 0 Å². The van der Waals surface area contributed by atoms with Crippen molar-refractivity contribution < 1.29 is 13.9 Å². The zero-order chi connectivity index (χ0) is 21.0. The molecule has 2 rings (SSSR count). The fourth-order valence-corrected chi connectivity index (χ4v) is 2.53. The molecule has 6 heteroatoms. The second-order valence-electron chi connectivity index (χ2n) is 6.32. The van der Waals surface area contributed by atoms with E-state index in [1.807, 2.05) is 76.2 Å². The van der Waals surface area contributed by atoms with E-state index in [9.17, 15) is 4.57 Å². The van der Waals surface area contributed by atoms with Crippen molar-refractivity contribution in [2.45, 2.75) is 52.6 Å². The van der Waals surface area contributed by atoms with Gasteiger partial charge in [0.1, 0.15) is 0 Å². The Morgan fingerprint density at radius 1 is 0.893 bits per heavy atom. The van der Waals surface area contributed by atoms with Gasteiger partial charge in [-0.3, -0.25) is 0 Å². The van der Waals surface area contributed by atoms with E-state index in [4.69, 9.17) is 10.5 Å². The lowest BCUT2D eigenvalue weighted by Gasteiger charge is -2.09. The Kier molecular flexibility index (Phi) is 17.6. The summed E-state index contributed by atoms with van der Waals surface area (Å²) in [7, 11) is -0.335. The quantitative estimate of drug-likeness (QED) is 0.455. The number of ether oxygens (including phenoxy) is 1. The molecule has 0 heterocycles. The summed E-state index contributed by atoms with van der Waals surface area (Å²) in [5, 5.41) is 0. The number of nitrogens with two attached hydrogens (primary N) is 1. The zero-order valence-corrected chi connectivity index (χ0v) is 18.4. The smallest absolute Gasteiger partial charge is 0.346 e. The van der Waals surface area contributed by atoms with Crippen molar-refractivity contribution in [1.82, 2.24) is 5.48 Å². The number of rotatable bonds is 9. The van der Waals surface area contributed by atoms with E-state index < -0.39 is 0 Å². The van der Waals surface area contributed by atoms with Crippen LogP contribution in [0, 0.1) is 0 Å². The molecule has 0 saturated heterocycles. The van der Waals surface area contributed by atoms with Crippen LogP contribution in [0.1, 0.15) is 38.8 Å². The van der Waals surface area contributed by atoms with Crippen molar-refractivity contribution in [2.24, 2.45) is 5.73 Å². The van der Waals surface area contributed by atoms with Gasteiger partial charge in [0.15, 0.2) is 0 Å². The molecule has 0 aliphatic carbocycles. The number of hydrogen-bond donors (Lipinski definition) is 2. The average molecular weight is 407 g/mol. The Balaban J connectivity index is 0.000000431. The highest BCUT2D eigenvalue weighted by Crippen LogP contribution is 2.03. The molecule has 0 spiro atoms. The van der Waals surface area contributed by atoms with Crippen LogP contribution in [0.15, 0.2) is 60.7 Å². The average Bonchev–Trinajstić information content (AvgIpc) is 2.69.